The Morgan fingerprint density at radius 1 is 1.00 bits per heavy atom. The third-order valence-electron chi connectivity index (χ3n) is 3.32. The number of imidazole rings is 1. The van der Waals surface area contributed by atoms with Crippen molar-refractivity contribution >= 4 is 5.97 Å². The highest BCUT2D eigenvalue weighted by Crippen LogP contribution is 2.18. The monoisotopic (exact) mass is 292 g/mol. The number of rotatable bonds is 5. The molecule has 0 amide bonds. The minimum absolute atomic E-state index is 0.150. The van der Waals surface area contributed by atoms with Crippen LogP contribution >= 0.6 is 0 Å². The number of carbonyl (C=O) groups excluding carboxylic acids is 1. The average molecular weight is 292 g/mol. The molecule has 3 aromatic rings. The smallest absolute Gasteiger partial charge is 0.326 e. The van der Waals surface area contributed by atoms with Gasteiger partial charge in [0.25, 0.3) is 0 Å². The van der Waals surface area contributed by atoms with Gasteiger partial charge in [0.15, 0.2) is 0 Å². The molecule has 0 radical (unpaired) electrons. The van der Waals surface area contributed by atoms with Crippen LogP contribution in [0.25, 0.3) is 11.3 Å². The summed E-state index contributed by atoms with van der Waals surface area (Å²) in [5, 5.41) is 0. The molecule has 1 aromatic heterocycles. The molecule has 0 fully saturated rings. The van der Waals surface area contributed by atoms with Crippen LogP contribution in [0.2, 0.25) is 0 Å². The van der Waals surface area contributed by atoms with Gasteiger partial charge in [0.05, 0.1) is 18.2 Å². The highest BCUT2D eigenvalue weighted by atomic mass is 16.5. The van der Waals surface area contributed by atoms with Gasteiger partial charge in [-0.1, -0.05) is 60.7 Å². The molecule has 0 aliphatic carbocycles. The van der Waals surface area contributed by atoms with E-state index in [9.17, 15) is 4.79 Å². The summed E-state index contributed by atoms with van der Waals surface area (Å²) in [6.07, 6.45) is 3.39. The molecule has 1 heterocycles. The number of benzene rings is 2. The van der Waals surface area contributed by atoms with Gasteiger partial charge in [0.1, 0.15) is 13.2 Å². The summed E-state index contributed by atoms with van der Waals surface area (Å²) in [5.74, 6) is -0.279. The summed E-state index contributed by atoms with van der Waals surface area (Å²) in [6.45, 7) is 0.437. The summed E-state index contributed by atoms with van der Waals surface area (Å²) in [7, 11) is 0. The van der Waals surface area contributed by atoms with Crippen molar-refractivity contribution in [3.05, 3.63) is 78.8 Å². The zero-order valence-electron chi connectivity index (χ0n) is 12.1. The Morgan fingerprint density at radius 2 is 1.68 bits per heavy atom. The van der Waals surface area contributed by atoms with Crippen molar-refractivity contribution in [3.8, 4) is 11.3 Å². The van der Waals surface area contributed by atoms with E-state index in [1.807, 2.05) is 60.7 Å². The van der Waals surface area contributed by atoms with Gasteiger partial charge in [-0.3, -0.25) is 4.79 Å². The first-order chi connectivity index (χ1) is 10.8. The minimum atomic E-state index is -0.279. The molecule has 0 saturated heterocycles. The standard InChI is InChI=1S/C18H16N2O2/c21-18(22-13-15-7-3-1-4-8-15)12-20-14-19-11-17(20)16-9-5-2-6-10-16/h1-11,14H,12-13H2. The number of ether oxygens (including phenoxy) is 1. The van der Waals surface area contributed by atoms with Crippen molar-refractivity contribution < 1.29 is 9.53 Å². The van der Waals surface area contributed by atoms with Gasteiger partial charge in [0, 0.05) is 0 Å². The van der Waals surface area contributed by atoms with E-state index in [0.29, 0.717) is 0 Å². The van der Waals surface area contributed by atoms with Gasteiger partial charge in [-0.15, -0.1) is 0 Å². The van der Waals surface area contributed by atoms with Crippen LogP contribution in [0.15, 0.2) is 73.2 Å². The fourth-order valence-corrected chi connectivity index (χ4v) is 2.22. The lowest BCUT2D eigenvalue weighted by atomic mass is 10.2. The van der Waals surface area contributed by atoms with Gasteiger partial charge in [-0.05, 0) is 11.1 Å². The largest absolute Gasteiger partial charge is 0.459 e. The Kier molecular flexibility index (Phi) is 4.30. The quantitative estimate of drug-likeness (QED) is 0.678. The lowest BCUT2D eigenvalue weighted by Gasteiger charge is -2.09. The number of esters is 1. The molecule has 0 bridgehead atoms. The fourth-order valence-electron chi connectivity index (χ4n) is 2.22. The van der Waals surface area contributed by atoms with Crippen molar-refractivity contribution in [1.29, 1.82) is 0 Å². The van der Waals surface area contributed by atoms with Crippen molar-refractivity contribution in [2.24, 2.45) is 0 Å². The molecule has 0 N–H and O–H groups in total. The molecule has 0 saturated carbocycles. The van der Waals surface area contributed by atoms with E-state index in [1.54, 1.807) is 17.1 Å². The third kappa shape index (κ3) is 3.41. The first-order valence-corrected chi connectivity index (χ1v) is 7.08. The zero-order chi connectivity index (χ0) is 15.2. The third-order valence-corrected chi connectivity index (χ3v) is 3.32. The van der Waals surface area contributed by atoms with E-state index in [0.717, 1.165) is 16.8 Å². The van der Waals surface area contributed by atoms with Crippen LogP contribution in [0.1, 0.15) is 5.56 Å². The Hall–Kier alpha value is -2.88. The van der Waals surface area contributed by atoms with E-state index in [2.05, 4.69) is 4.98 Å². The van der Waals surface area contributed by atoms with Crippen LogP contribution in [-0.4, -0.2) is 15.5 Å². The van der Waals surface area contributed by atoms with E-state index >= 15 is 0 Å². The molecule has 0 aliphatic heterocycles. The normalized spacial score (nSPS) is 10.4. The molecule has 4 nitrogen and oxygen atoms in total. The van der Waals surface area contributed by atoms with Crippen LogP contribution in [0.5, 0.6) is 0 Å². The topological polar surface area (TPSA) is 44.1 Å². The molecule has 0 spiro atoms. The predicted octanol–water partition coefficient (Wildman–Crippen LogP) is 3.29. The van der Waals surface area contributed by atoms with Crippen LogP contribution in [0, 0.1) is 0 Å². The van der Waals surface area contributed by atoms with Gasteiger partial charge >= 0.3 is 5.97 Å². The molecule has 0 unspecified atom stereocenters. The van der Waals surface area contributed by atoms with Crippen LogP contribution in [-0.2, 0) is 22.7 Å². The number of hydrogen-bond donors (Lipinski definition) is 0. The second kappa shape index (κ2) is 6.72. The molecule has 4 heteroatoms. The molecular weight excluding hydrogens is 276 g/mol. The van der Waals surface area contributed by atoms with Crippen molar-refractivity contribution in [1.82, 2.24) is 9.55 Å². The Balaban J connectivity index is 1.64. The van der Waals surface area contributed by atoms with E-state index in [4.69, 9.17) is 4.74 Å². The minimum Gasteiger partial charge on any atom is -0.459 e. The molecule has 22 heavy (non-hydrogen) atoms. The SMILES string of the molecule is O=C(Cn1cncc1-c1ccccc1)OCc1ccccc1. The molecule has 3 rings (SSSR count). The van der Waals surface area contributed by atoms with Crippen LogP contribution in [0.3, 0.4) is 0 Å². The highest BCUT2D eigenvalue weighted by Gasteiger charge is 2.10. The number of nitrogens with zero attached hydrogens (tertiary/aromatic N) is 2. The van der Waals surface area contributed by atoms with Crippen LogP contribution < -0.4 is 0 Å². The number of carbonyl (C=O) groups is 1. The first-order valence-electron chi connectivity index (χ1n) is 7.08. The van der Waals surface area contributed by atoms with Crippen molar-refractivity contribution in [2.75, 3.05) is 0 Å². The molecule has 0 aliphatic rings. The predicted molar refractivity (Wildman–Crippen MR) is 83.9 cm³/mol. The summed E-state index contributed by atoms with van der Waals surface area (Å²) < 4.78 is 7.10. The molecular formula is C18H16N2O2. The van der Waals surface area contributed by atoms with Gasteiger partial charge in [-0.2, -0.15) is 0 Å². The molecule has 2 aromatic carbocycles. The number of hydrogen-bond acceptors (Lipinski definition) is 3. The Bertz CT molecular complexity index is 736. The summed E-state index contributed by atoms with van der Waals surface area (Å²) in [6, 6.07) is 19.5. The van der Waals surface area contributed by atoms with Crippen LogP contribution in [0.4, 0.5) is 0 Å². The van der Waals surface area contributed by atoms with Gasteiger partial charge in [0.2, 0.25) is 0 Å². The van der Waals surface area contributed by atoms with Gasteiger partial charge in [-0.25, -0.2) is 4.98 Å². The zero-order valence-corrected chi connectivity index (χ0v) is 12.1. The Morgan fingerprint density at radius 3 is 2.41 bits per heavy atom. The fraction of sp³-hybridized carbons (Fsp3) is 0.111. The summed E-state index contributed by atoms with van der Waals surface area (Å²) in [4.78, 5) is 16.1. The first kappa shape index (κ1) is 14.1. The van der Waals surface area contributed by atoms with E-state index < -0.39 is 0 Å². The lowest BCUT2D eigenvalue weighted by Crippen LogP contribution is -2.13. The van der Waals surface area contributed by atoms with Crippen molar-refractivity contribution in [3.63, 3.8) is 0 Å². The Labute approximate surface area is 129 Å². The highest BCUT2D eigenvalue weighted by molar-refractivity contribution is 5.71. The molecule has 110 valence electrons. The maximum Gasteiger partial charge on any atom is 0.326 e. The van der Waals surface area contributed by atoms with Gasteiger partial charge < -0.3 is 9.30 Å². The summed E-state index contributed by atoms with van der Waals surface area (Å²) in [5.41, 5.74) is 2.90. The lowest BCUT2D eigenvalue weighted by molar-refractivity contribution is -0.145. The summed E-state index contributed by atoms with van der Waals surface area (Å²) >= 11 is 0. The second-order valence-electron chi connectivity index (χ2n) is 4.92. The number of aromatic nitrogens is 2. The van der Waals surface area contributed by atoms with Crippen molar-refractivity contribution in [2.45, 2.75) is 13.2 Å². The van der Waals surface area contributed by atoms with E-state index in [1.165, 1.54) is 0 Å². The molecule has 0 atom stereocenters. The second-order valence-corrected chi connectivity index (χ2v) is 4.92. The maximum atomic E-state index is 12.0. The maximum absolute atomic E-state index is 12.0. The van der Waals surface area contributed by atoms with E-state index in [-0.39, 0.29) is 19.1 Å². The average Bonchev–Trinajstić information content (AvgIpc) is 3.03.